The van der Waals surface area contributed by atoms with E-state index in [1.54, 1.807) is 12.1 Å². The van der Waals surface area contributed by atoms with E-state index in [1.165, 1.54) is 37.1 Å². The summed E-state index contributed by atoms with van der Waals surface area (Å²) >= 11 is 0. The summed E-state index contributed by atoms with van der Waals surface area (Å²) in [6, 6.07) is 18.8. The first kappa shape index (κ1) is 20.1. The van der Waals surface area contributed by atoms with Gasteiger partial charge in [0, 0.05) is 25.7 Å². The predicted octanol–water partition coefficient (Wildman–Crippen LogP) is 4.51. The fourth-order valence-corrected chi connectivity index (χ4v) is 5.44. The third kappa shape index (κ3) is 4.54. The number of benzene rings is 2. The van der Waals surface area contributed by atoms with Gasteiger partial charge < -0.3 is 5.11 Å². The van der Waals surface area contributed by atoms with Crippen LogP contribution < -0.4 is 0 Å². The van der Waals surface area contributed by atoms with Gasteiger partial charge >= 0.3 is 5.97 Å². The molecule has 0 radical (unpaired) electrons. The zero-order chi connectivity index (χ0) is 20.4. The molecule has 2 aliphatic rings. The van der Waals surface area contributed by atoms with Gasteiger partial charge in [-0.25, -0.2) is 4.79 Å². The smallest absolute Gasteiger partial charge is 0.335 e. The number of hydrogen-bond donors (Lipinski definition) is 1. The Morgan fingerprint density at radius 1 is 0.966 bits per heavy atom. The fraction of sp³-hybridized carbons (Fsp3) is 0.480. The number of carboxylic acid groups (broad SMARTS) is 1. The molecule has 0 spiro atoms. The predicted molar refractivity (Wildman–Crippen MR) is 116 cm³/mol. The number of carbonyl (C=O) groups is 1. The van der Waals surface area contributed by atoms with Crippen molar-refractivity contribution in [3.8, 4) is 0 Å². The van der Waals surface area contributed by atoms with E-state index in [9.17, 15) is 4.79 Å². The maximum Gasteiger partial charge on any atom is 0.335 e. The molecule has 1 N–H and O–H groups in total. The number of piperidine rings is 1. The average molecular weight is 393 g/mol. The molecule has 4 nitrogen and oxygen atoms in total. The third-order valence-electron chi connectivity index (χ3n) is 6.72. The van der Waals surface area contributed by atoms with Crippen LogP contribution in [0.15, 0.2) is 54.6 Å². The molecule has 2 saturated heterocycles. The maximum absolute atomic E-state index is 11.1. The van der Waals surface area contributed by atoms with Gasteiger partial charge in [0.2, 0.25) is 0 Å². The van der Waals surface area contributed by atoms with Crippen LogP contribution in [0.2, 0.25) is 0 Å². The molecule has 0 amide bonds. The van der Waals surface area contributed by atoms with E-state index in [-0.39, 0.29) is 0 Å². The first-order valence-electron chi connectivity index (χ1n) is 10.7. The highest BCUT2D eigenvalue weighted by Crippen LogP contribution is 2.45. The topological polar surface area (TPSA) is 43.8 Å². The van der Waals surface area contributed by atoms with Crippen molar-refractivity contribution in [2.75, 3.05) is 19.6 Å². The number of nitrogens with zero attached hydrogens (tertiary/aromatic N) is 2. The van der Waals surface area contributed by atoms with Gasteiger partial charge in [0.15, 0.2) is 0 Å². The molecule has 0 aliphatic carbocycles. The van der Waals surface area contributed by atoms with Crippen LogP contribution in [0, 0.1) is 11.3 Å². The van der Waals surface area contributed by atoms with Gasteiger partial charge in [0.1, 0.15) is 0 Å². The van der Waals surface area contributed by atoms with Gasteiger partial charge in [-0.2, -0.15) is 0 Å². The van der Waals surface area contributed by atoms with E-state index in [0.29, 0.717) is 17.0 Å². The highest BCUT2D eigenvalue weighted by Gasteiger charge is 2.49. The summed E-state index contributed by atoms with van der Waals surface area (Å²) in [7, 11) is 0. The van der Waals surface area contributed by atoms with Crippen molar-refractivity contribution in [1.29, 1.82) is 0 Å². The Balaban J connectivity index is 1.34. The Bertz CT molecular complexity index is 824. The largest absolute Gasteiger partial charge is 0.478 e. The molecule has 2 fully saturated rings. The van der Waals surface area contributed by atoms with Crippen molar-refractivity contribution < 1.29 is 9.90 Å². The fourth-order valence-electron chi connectivity index (χ4n) is 5.44. The summed E-state index contributed by atoms with van der Waals surface area (Å²) in [4.78, 5) is 16.3. The van der Waals surface area contributed by atoms with Crippen molar-refractivity contribution in [1.82, 2.24) is 9.80 Å². The maximum atomic E-state index is 11.1. The number of hydrogen-bond acceptors (Lipinski definition) is 3. The molecule has 2 heterocycles. The highest BCUT2D eigenvalue weighted by molar-refractivity contribution is 5.87. The SMILES string of the molecule is CC1(C)CN(Cc2ccc(C(=O)O)cc2)C1C1CCN(Cc2ccccc2)CC1. The van der Waals surface area contributed by atoms with Gasteiger partial charge in [0.05, 0.1) is 5.56 Å². The Hall–Kier alpha value is -2.17. The summed E-state index contributed by atoms with van der Waals surface area (Å²) in [5, 5.41) is 9.10. The van der Waals surface area contributed by atoms with E-state index in [1.807, 2.05) is 12.1 Å². The standard InChI is InChI=1S/C25H32N2O2/c1-25(2)18-27(17-20-8-10-22(11-9-20)24(28)29)23(25)21-12-14-26(15-13-21)16-19-6-4-3-5-7-19/h3-11,21,23H,12-18H2,1-2H3,(H,28,29). The third-order valence-corrected chi connectivity index (χ3v) is 6.72. The normalized spacial score (nSPS) is 22.9. The van der Waals surface area contributed by atoms with Crippen molar-refractivity contribution in [3.63, 3.8) is 0 Å². The zero-order valence-electron chi connectivity index (χ0n) is 17.6. The quantitative estimate of drug-likeness (QED) is 0.786. The first-order chi connectivity index (χ1) is 13.9. The first-order valence-corrected chi connectivity index (χ1v) is 10.7. The lowest BCUT2D eigenvalue weighted by atomic mass is 9.66. The Labute approximate surface area is 174 Å². The summed E-state index contributed by atoms with van der Waals surface area (Å²) in [5.74, 6) is -0.120. The molecule has 0 saturated carbocycles. The second kappa shape index (κ2) is 8.29. The van der Waals surface area contributed by atoms with E-state index in [0.717, 1.165) is 25.6 Å². The van der Waals surface area contributed by atoms with E-state index in [2.05, 4.69) is 54.0 Å². The Morgan fingerprint density at radius 2 is 1.59 bits per heavy atom. The second-order valence-corrected chi connectivity index (χ2v) is 9.44. The van der Waals surface area contributed by atoms with Crippen molar-refractivity contribution in [2.24, 2.45) is 11.3 Å². The molecule has 2 aromatic rings. The van der Waals surface area contributed by atoms with E-state index >= 15 is 0 Å². The van der Waals surface area contributed by atoms with E-state index in [4.69, 9.17) is 5.11 Å². The van der Waals surface area contributed by atoms with Crippen LogP contribution in [-0.2, 0) is 13.1 Å². The van der Waals surface area contributed by atoms with Gasteiger partial charge in [-0.1, -0.05) is 56.3 Å². The molecule has 2 aliphatic heterocycles. The number of carboxylic acids is 1. The lowest BCUT2D eigenvalue weighted by molar-refractivity contribution is -0.0997. The van der Waals surface area contributed by atoms with Crippen LogP contribution in [-0.4, -0.2) is 46.6 Å². The Kier molecular flexibility index (Phi) is 5.75. The summed E-state index contributed by atoms with van der Waals surface area (Å²) in [6.07, 6.45) is 2.52. The van der Waals surface area contributed by atoms with Crippen LogP contribution in [0.25, 0.3) is 0 Å². The van der Waals surface area contributed by atoms with Crippen molar-refractivity contribution >= 4 is 5.97 Å². The molecule has 4 rings (SSSR count). The summed E-state index contributed by atoms with van der Waals surface area (Å²) in [5.41, 5.74) is 3.33. The van der Waals surface area contributed by atoms with Crippen molar-refractivity contribution in [2.45, 2.75) is 45.8 Å². The molecule has 2 aromatic carbocycles. The van der Waals surface area contributed by atoms with Crippen LogP contribution in [0.4, 0.5) is 0 Å². The van der Waals surface area contributed by atoms with Crippen LogP contribution >= 0.6 is 0 Å². The van der Waals surface area contributed by atoms with Gasteiger partial charge in [-0.05, 0) is 60.5 Å². The number of rotatable bonds is 6. The van der Waals surface area contributed by atoms with Gasteiger partial charge in [-0.15, -0.1) is 0 Å². The monoisotopic (exact) mass is 392 g/mol. The molecule has 1 atom stereocenters. The highest BCUT2D eigenvalue weighted by atomic mass is 16.4. The molecule has 0 bridgehead atoms. The van der Waals surface area contributed by atoms with Crippen molar-refractivity contribution in [3.05, 3.63) is 71.3 Å². The number of aromatic carboxylic acids is 1. The molecular formula is C25H32N2O2. The molecule has 4 heteroatoms. The summed E-state index contributed by atoms with van der Waals surface area (Å²) in [6.45, 7) is 10.2. The average Bonchev–Trinajstić information content (AvgIpc) is 2.70. The number of likely N-dealkylation sites (tertiary alicyclic amines) is 2. The van der Waals surface area contributed by atoms with Gasteiger partial charge in [-0.3, -0.25) is 9.80 Å². The minimum atomic E-state index is -0.859. The minimum absolute atomic E-state index is 0.354. The lowest BCUT2D eigenvalue weighted by Crippen LogP contribution is -2.65. The molecule has 29 heavy (non-hydrogen) atoms. The lowest BCUT2D eigenvalue weighted by Gasteiger charge is -2.59. The molecule has 1 unspecified atom stereocenters. The van der Waals surface area contributed by atoms with Crippen LogP contribution in [0.5, 0.6) is 0 Å². The second-order valence-electron chi connectivity index (χ2n) is 9.44. The van der Waals surface area contributed by atoms with Crippen LogP contribution in [0.1, 0.15) is 48.2 Å². The van der Waals surface area contributed by atoms with Gasteiger partial charge in [0.25, 0.3) is 0 Å². The zero-order valence-corrected chi connectivity index (χ0v) is 17.6. The molecule has 0 aromatic heterocycles. The Morgan fingerprint density at radius 3 is 2.17 bits per heavy atom. The molecule has 154 valence electrons. The minimum Gasteiger partial charge on any atom is -0.478 e. The van der Waals surface area contributed by atoms with E-state index < -0.39 is 5.97 Å². The summed E-state index contributed by atoms with van der Waals surface area (Å²) < 4.78 is 0. The van der Waals surface area contributed by atoms with Crippen LogP contribution in [0.3, 0.4) is 0 Å². The molecular weight excluding hydrogens is 360 g/mol.